The van der Waals surface area contributed by atoms with Crippen LogP contribution in [0.2, 0.25) is 0 Å². The number of fused-ring (bicyclic) bond motifs is 10. The zero-order chi connectivity index (χ0) is 70.0. The second-order valence-electron chi connectivity index (χ2n) is 26.4. The van der Waals surface area contributed by atoms with Crippen molar-refractivity contribution in [3.63, 3.8) is 0 Å². The molecule has 0 saturated heterocycles. The maximum Gasteiger partial charge on any atom is 0.143 e. The van der Waals surface area contributed by atoms with E-state index in [-0.39, 0.29) is 0 Å². The fourth-order valence-electron chi connectivity index (χ4n) is 14.9. The maximum atomic E-state index is 6.39. The number of benzene rings is 18. The standard InChI is InChI=1S/C50H33NO.C34H23NO.C16H11Br/c1-3-14-42-34(10-1)12-7-17-44(42)36-22-28-39(29-23-36)51(40-30-24-37(25-31-40)45-18-8-13-35-11-2-4-15-43(35)45)41-32-26-38(27-33-41)46-19-9-20-48-47-16-5-6-21-49(47)52-50(46)48;1-2-9-28-23(7-1)8-5-11-29(28)24-15-19-26(20-16-24)35-27-21-17-25(18-22-27)30-12-6-13-32-31-10-3-4-14-33(31)36-34(30)32;17-14-10-8-13(9-11-14)16-7-3-5-12-4-1-2-6-15(12)16/h1-33H;1-22,35H;1-11H. The molecule has 5 heteroatoms. The molecule has 0 unspecified atom stereocenters. The zero-order valence-electron chi connectivity index (χ0n) is 57.2. The summed E-state index contributed by atoms with van der Waals surface area (Å²) < 4.78 is 13.7. The van der Waals surface area contributed by atoms with Crippen molar-refractivity contribution in [3.05, 3.63) is 405 Å². The summed E-state index contributed by atoms with van der Waals surface area (Å²) in [6, 6.07) is 142. The van der Waals surface area contributed by atoms with E-state index in [1.54, 1.807) is 0 Å². The molecular formula is C100H67BrN2O2. The molecule has 0 aliphatic rings. The lowest BCUT2D eigenvalue weighted by molar-refractivity contribution is 0.669. The van der Waals surface area contributed by atoms with E-state index < -0.39 is 0 Å². The van der Waals surface area contributed by atoms with Crippen molar-refractivity contribution >= 4 is 131 Å². The SMILES string of the molecule is Brc1ccc(-c2cccc3ccccc23)cc1.c1ccc2c(-c3ccc(N(c4ccc(-c5cccc6ccccc56)cc4)c4ccc(-c5cccc6c5oc5ccccc56)cc4)cc3)cccc2c1.c1ccc2c(-c3ccc(Nc4ccc(-c5cccc6c5oc5ccccc56)cc4)cc3)cccc2c1. The molecular weight excluding hydrogens is 1340 g/mol. The molecule has 0 fully saturated rings. The summed E-state index contributed by atoms with van der Waals surface area (Å²) >= 11 is 3.47. The number of nitrogens with one attached hydrogen (secondary N) is 1. The van der Waals surface area contributed by atoms with Gasteiger partial charge in [0.15, 0.2) is 0 Å². The fourth-order valence-corrected chi connectivity index (χ4v) is 15.2. The Labute approximate surface area is 617 Å². The molecule has 2 aromatic heterocycles. The topological polar surface area (TPSA) is 41.6 Å². The monoisotopic (exact) mass is 1410 g/mol. The highest BCUT2D eigenvalue weighted by molar-refractivity contribution is 9.10. The van der Waals surface area contributed by atoms with Gasteiger partial charge in [0, 0.05) is 65.6 Å². The Morgan fingerprint density at radius 1 is 0.200 bits per heavy atom. The van der Waals surface area contributed by atoms with Gasteiger partial charge in [0.05, 0.1) is 0 Å². The van der Waals surface area contributed by atoms with Crippen LogP contribution in [0.4, 0.5) is 28.4 Å². The molecule has 0 aliphatic heterocycles. The lowest BCUT2D eigenvalue weighted by Crippen LogP contribution is -2.09. The smallest absolute Gasteiger partial charge is 0.143 e. The van der Waals surface area contributed by atoms with Crippen LogP contribution in [0, 0.1) is 0 Å². The number of anilines is 5. The summed E-state index contributed by atoms with van der Waals surface area (Å²) in [7, 11) is 0. The molecule has 0 amide bonds. The third kappa shape index (κ3) is 12.7. The van der Waals surface area contributed by atoms with Gasteiger partial charge in [-0.1, -0.05) is 331 Å². The third-order valence-corrected chi connectivity index (χ3v) is 20.6. The number of furan rings is 2. The zero-order valence-corrected chi connectivity index (χ0v) is 58.8. The lowest BCUT2D eigenvalue weighted by atomic mass is 9.97. The molecule has 0 radical (unpaired) electrons. The van der Waals surface area contributed by atoms with Crippen molar-refractivity contribution < 1.29 is 8.83 Å². The minimum absolute atomic E-state index is 0.909. The molecule has 0 saturated carbocycles. The van der Waals surface area contributed by atoms with Gasteiger partial charge < -0.3 is 19.1 Å². The summed E-state index contributed by atoms with van der Waals surface area (Å²) in [6.07, 6.45) is 0. The molecule has 18 aromatic carbocycles. The Bertz CT molecular complexity index is 6390. The average Bonchev–Trinajstić information content (AvgIpc) is 1.66. The minimum Gasteiger partial charge on any atom is -0.455 e. The van der Waals surface area contributed by atoms with E-state index >= 15 is 0 Å². The number of hydrogen-bond donors (Lipinski definition) is 1. The average molecular weight is 1410 g/mol. The van der Waals surface area contributed by atoms with Gasteiger partial charge in [-0.25, -0.2) is 0 Å². The van der Waals surface area contributed by atoms with Gasteiger partial charge in [0.1, 0.15) is 22.3 Å². The maximum absolute atomic E-state index is 6.39. The quantitative estimate of drug-likeness (QED) is 0.140. The Kier molecular flexibility index (Phi) is 17.2. The van der Waals surface area contributed by atoms with Crippen LogP contribution < -0.4 is 10.2 Å². The Balaban J connectivity index is 0.000000127. The summed E-state index contributed by atoms with van der Waals surface area (Å²) in [5, 5.41) is 18.2. The molecule has 2 heterocycles. The van der Waals surface area contributed by atoms with Gasteiger partial charge in [-0.2, -0.15) is 0 Å². The molecule has 0 aliphatic carbocycles. The largest absolute Gasteiger partial charge is 0.455 e. The molecule has 105 heavy (non-hydrogen) atoms. The van der Waals surface area contributed by atoms with Gasteiger partial charge >= 0.3 is 0 Å². The van der Waals surface area contributed by atoms with Gasteiger partial charge in [-0.15, -0.1) is 0 Å². The number of nitrogens with zero attached hydrogens (tertiary/aromatic N) is 1. The highest BCUT2D eigenvalue weighted by Crippen LogP contribution is 2.43. The summed E-state index contributed by atoms with van der Waals surface area (Å²) in [5.74, 6) is 0. The van der Waals surface area contributed by atoms with Crippen LogP contribution in [0.1, 0.15) is 0 Å². The lowest BCUT2D eigenvalue weighted by Gasteiger charge is -2.26. The van der Waals surface area contributed by atoms with Gasteiger partial charge in [-0.05, 0) is 184 Å². The number of rotatable bonds is 11. The van der Waals surface area contributed by atoms with E-state index in [2.05, 4.69) is 402 Å². The molecule has 1 N–H and O–H groups in total. The predicted octanol–water partition coefficient (Wildman–Crippen LogP) is 29.4. The van der Waals surface area contributed by atoms with E-state index in [1.165, 1.54) is 87.6 Å². The van der Waals surface area contributed by atoms with Crippen LogP contribution in [0.15, 0.2) is 414 Å². The summed E-state index contributed by atoms with van der Waals surface area (Å²) in [6.45, 7) is 0. The van der Waals surface area contributed by atoms with Crippen LogP contribution >= 0.6 is 15.9 Å². The first-order chi connectivity index (χ1) is 52.0. The molecule has 20 aromatic rings. The second kappa shape index (κ2) is 28.2. The van der Waals surface area contributed by atoms with Crippen LogP contribution in [-0.4, -0.2) is 0 Å². The first-order valence-corrected chi connectivity index (χ1v) is 36.3. The molecule has 4 nitrogen and oxygen atoms in total. The molecule has 496 valence electrons. The normalized spacial score (nSPS) is 11.3. The Morgan fingerprint density at radius 2 is 0.438 bits per heavy atom. The van der Waals surface area contributed by atoms with Crippen molar-refractivity contribution in [1.82, 2.24) is 0 Å². The van der Waals surface area contributed by atoms with Crippen LogP contribution in [-0.2, 0) is 0 Å². The first kappa shape index (κ1) is 63.8. The van der Waals surface area contributed by atoms with Gasteiger partial charge in [0.25, 0.3) is 0 Å². The van der Waals surface area contributed by atoms with Gasteiger partial charge in [-0.3, -0.25) is 0 Å². The highest BCUT2D eigenvalue weighted by atomic mass is 79.9. The number of para-hydroxylation sites is 4. The minimum atomic E-state index is 0.909. The van der Waals surface area contributed by atoms with Crippen LogP contribution in [0.25, 0.3) is 154 Å². The van der Waals surface area contributed by atoms with Crippen molar-refractivity contribution in [1.29, 1.82) is 0 Å². The van der Waals surface area contributed by atoms with Crippen molar-refractivity contribution in [2.75, 3.05) is 10.2 Å². The molecule has 0 bridgehead atoms. The van der Waals surface area contributed by atoms with Gasteiger partial charge in [0.2, 0.25) is 0 Å². The molecule has 20 rings (SSSR count). The van der Waals surface area contributed by atoms with Crippen molar-refractivity contribution in [2.45, 2.75) is 0 Å². The Hall–Kier alpha value is -13.3. The predicted molar refractivity (Wildman–Crippen MR) is 449 cm³/mol. The van der Waals surface area contributed by atoms with E-state index in [1.807, 2.05) is 24.3 Å². The van der Waals surface area contributed by atoms with Crippen molar-refractivity contribution in [3.8, 4) is 66.8 Å². The van der Waals surface area contributed by atoms with Crippen LogP contribution in [0.5, 0.6) is 0 Å². The van der Waals surface area contributed by atoms with E-state index in [4.69, 9.17) is 8.83 Å². The fraction of sp³-hybridized carbons (Fsp3) is 0. The van der Waals surface area contributed by atoms with E-state index in [0.717, 1.165) is 99.0 Å². The number of halogens is 1. The highest BCUT2D eigenvalue weighted by Gasteiger charge is 2.18. The molecule has 0 atom stereocenters. The number of hydrogen-bond acceptors (Lipinski definition) is 4. The van der Waals surface area contributed by atoms with Crippen LogP contribution in [0.3, 0.4) is 0 Å². The van der Waals surface area contributed by atoms with E-state index in [0.29, 0.717) is 0 Å². The summed E-state index contributed by atoms with van der Waals surface area (Å²) in [5.41, 5.74) is 23.4. The van der Waals surface area contributed by atoms with Crippen molar-refractivity contribution in [2.24, 2.45) is 0 Å². The first-order valence-electron chi connectivity index (χ1n) is 35.5. The summed E-state index contributed by atoms with van der Waals surface area (Å²) in [4.78, 5) is 2.34. The third-order valence-electron chi connectivity index (χ3n) is 20.1. The Morgan fingerprint density at radius 3 is 0.771 bits per heavy atom. The molecule has 0 spiro atoms. The van der Waals surface area contributed by atoms with E-state index in [9.17, 15) is 0 Å². The second-order valence-corrected chi connectivity index (χ2v) is 27.3.